The second-order valence-electron chi connectivity index (χ2n) is 9.74. The second kappa shape index (κ2) is 9.40. The molecular weight excluding hydrogens is 488 g/mol. The van der Waals surface area contributed by atoms with Gasteiger partial charge in [0.05, 0.1) is 22.4 Å². The van der Waals surface area contributed by atoms with Crippen molar-refractivity contribution in [1.29, 1.82) is 0 Å². The summed E-state index contributed by atoms with van der Waals surface area (Å²) in [5.74, 6) is 2.29. The first kappa shape index (κ1) is 25.4. The van der Waals surface area contributed by atoms with Crippen LogP contribution in [0, 0.1) is 11.8 Å². The van der Waals surface area contributed by atoms with Gasteiger partial charge in [-0.25, -0.2) is 13.4 Å². The van der Waals surface area contributed by atoms with Crippen molar-refractivity contribution >= 4 is 33.3 Å². The molecule has 1 saturated carbocycles. The molecule has 0 bridgehead atoms. The zero-order chi connectivity index (χ0) is 25.5. The number of nitrogens with two attached hydrogens (primary N) is 1. The Bertz CT molecular complexity index is 1310. The number of hydrogen-bond acceptors (Lipinski definition) is 8. The third kappa shape index (κ3) is 5.60. The fourth-order valence-corrected chi connectivity index (χ4v) is 4.78. The molecule has 1 fully saturated rings. The Morgan fingerprint density at radius 3 is 2.49 bits per heavy atom. The predicted octanol–water partition coefficient (Wildman–Crippen LogP) is 3.69. The Morgan fingerprint density at radius 2 is 1.89 bits per heavy atom. The van der Waals surface area contributed by atoms with Crippen molar-refractivity contribution in [3.63, 3.8) is 0 Å². The van der Waals surface area contributed by atoms with Gasteiger partial charge < -0.3 is 15.1 Å². The van der Waals surface area contributed by atoms with Gasteiger partial charge in [0.15, 0.2) is 5.82 Å². The maximum absolute atomic E-state index is 12.3. The molecule has 0 saturated heterocycles. The fraction of sp³-hybridized carbons (Fsp3) is 0.458. The quantitative estimate of drug-likeness (QED) is 0.455. The molecule has 0 amide bonds. The van der Waals surface area contributed by atoms with Crippen LogP contribution in [-0.4, -0.2) is 50.5 Å². The Labute approximate surface area is 211 Å². The van der Waals surface area contributed by atoms with Gasteiger partial charge in [0.1, 0.15) is 5.82 Å². The van der Waals surface area contributed by atoms with E-state index in [1.54, 1.807) is 6.07 Å². The van der Waals surface area contributed by atoms with Crippen molar-refractivity contribution in [1.82, 2.24) is 15.2 Å². The molecule has 3 aromatic rings. The van der Waals surface area contributed by atoms with E-state index in [0.29, 0.717) is 29.6 Å². The molecule has 188 valence electrons. The number of sulfonamides is 1. The lowest BCUT2D eigenvalue weighted by Crippen LogP contribution is -2.35. The van der Waals surface area contributed by atoms with Crippen molar-refractivity contribution in [3.8, 4) is 11.5 Å². The molecule has 9 nitrogen and oxygen atoms in total. The van der Waals surface area contributed by atoms with Crippen molar-refractivity contribution in [2.24, 2.45) is 17.6 Å². The summed E-state index contributed by atoms with van der Waals surface area (Å²) < 4.78 is 31.7. The Hall–Kier alpha value is -2.69. The van der Waals surface area contributed by atoms with Gasteiger partial charge in [0.2, 0.25) is 21.8 Å². The average Bonchev–Trinajstić information content (AvgIpc) is 3.25. The summed E-state index contributed by atoms with van der Waals surface area (Å²) in [7, 11) is -0.276. The summed E-state index contributed by atoms with van der Waals surface area (Å²) in [5.41, 5.74) is 7.07. The van der Waals surface area contributed by atoms with E-state index in [-0.39, 0.29) is 22.6 Å². The lowest BCUT2D eigenvalue weighted by Gasteiger charge is -2.23. The molecule has 0 spiro atoms. The van der Waals surface area contributed by atoms with Crippen LogP contribution in [0.5, 0.6) is 0 Å². The lowest BCUT2D eigenvalue weighted by atomic mass is 9.94. The molecule has 1 aromatic carbocycles. The molecule has 2 N–H and O–H groups in total. The molecular formula is C24H31ClN6O3S. The van der Waals surface area contributed by atoms with Crippen LogP contribution >= 0.6 is 11.6 Å². The zero-order valence-electron chi connectivity index (χ0n) is 20.6. The first-order valence-corrected chi connectivity index (χ1v) is 13.6. The first-order chi connectivity index (χ1) is 16.4. The predicted molar refractivity (Wildman–Crippen MR) is 138 cm³/mol. The largest absolute Gasteiger partial charge is 0.419 e. The molecule has 4 rings (SSSR count). The highest BCUT2D eigenvalue weighted by molar-refractivity contribution is 7.92. The lowest BCUT2D eigenvalue weighted by molar-refractivity contribution is 0.355. The Balaban J connectivity index is 1.73. The summed E-state index contributed by atoms with van der Waals surface area (Å²) in [4.78, 5) is 6.56. The molecule has 0 radical (unpaired) electrons. The van der Waals surface area contributed by atoms with Gasteiger partial charge in [-0.05, 0) is 43.2 Å². The van der Waals surface area contributed by atoms with Gasteiger partial charge in [0, 0.05) is 20.6 Å². The number of aromatic nitrogens is 3. The number of hydrogen-bond donors (Lipinski definition) is 1. The van der Waals surface area contributed by atoms with E-state index < -0.39 is 15.6 Å². The van der Waals surface area contributed by atoms with Gasteiger partial charge in [-0.15, -0.1) is 10.2 Å². The highest BCUT2D eigenvalue weighted by Gasteiger charge is 2.34. The molecule has 2 aromatic heterocycles. The Kier molecular flexibility index (Phi) is 6.82. The number of anilines is 2. The smallest absolute Gasteiger partial charge is 0.249 e. The van der Waals surface area contributed by atoms with Crippen molar-refractivity contribution in [2.45, 2.75) is 32.2 Å². The van der Waals surface area contributed by atoms with Crippen LogP contribution in [0.25, 0.3) is 11.5 Å². The molecule has 2 unspecified atom stereocenters. The SMILES string of the molecule is CC1CC1CN(C)c1cc(-c2nnc([C@@](C)(N)Cc3ccccc3)o2)c(Cl)c(N(C)S(C)(=O)=O)n1. The van der Waals surface area contributed by atoms with Crippen molar-refractivity contribution < 1.29 is 12.8 Å². The number of halogens is 1. The first-order valence-electron chi connectivity index (χ1n) is 11.4. The van der Waals surface area contributed by atoms with E-state index >= 15 is 0 Å². The minimum absolute atomic E-state index is 0.0944. The normalized spacial score (nSPS) is 19.3. The standard InChI is InChI=1S/C24H31ClN6O3S/c1-15-11-17(15)14-30(3)19-12-18(20(25)21(27-19)31(4)35(5,32)33)22-28-29-23(34-22)24(2,26)13-16-9-7-6-8-10-16/h6-10,12,15,17H,11,13-14,26H2,1-5H3/t15?,17?,24-/m0/s1. The van der Waals surface area contributed by atoms with Gasteiger partial charge in [0.25, 0.3) is 0 Å². The van der Waals surface area contributed by atoms with Crippen LogP contribution < -0.4 is 14.9 Å². The van der Waals surface area contributed by atoms with Crippen LogP contribution in [0.3, 0.4) is 0 Å². The van der Waals surface area contributed by atoms with Gasteiger partial charge in [-0.2, -0.15) is 0 Å². The van der Waals surface area contributed by atoms with E-state index in [1.165, 1.54) is 7.05 Å². The molecule has 1 aliphatic carbocycles. The minimum atomic E-state index is -3.61. The van der Waals surface area contributed by atoms with Gasteiger partial charge >= 0.3 is 0 Å². The van der Waals surface area contributed by atoms with Gasteiger partial charge in [-0.3, -0.25) is 4.31 Å². The second-order valence-corrected chi connectivity index (χ2v) is 12.1. The van der Waals surface area contributed by atoms with Crippen LogP contribution in [0.1, 0.15) is 31.7 Å². The minimum Gasteiger partial charge on any atom is -0.419 e. The van der Waals surface area contributed by atoms with Crippen molar-refractivity contribution in [2.75, 3.05) is 36.1 Å². The molecule has 3 atom stereocenters. The van der Waals surface area contributed by atoms with E-state index in [0.717, 1.165) is 29.1 Å². The molecule has 0 aliphatic heterocycles. The van der Waals surface area contributed by atoms with Crippen LogP contribution in [0.15, 0.2) is 40.8 Å². The zero-order valence-corrected chi connectivity index (χ0v) is 22.1. The highest BCUT2D eigenvalue weighted by atomic mass is 35.5. The summed E-state index contributed by atoms with van der Waals surface area (Å²) >= 11 is 6.67. The van der Waals surface area contributed by atoms with Crippen LogP contribution in [0.2, 0.25) is 5.02 Å². The van der Waals surface area contributed by atoms with Crippen LogP contribution in [0.4, 0.5) is 11.6 Å². The van der Waals surface area contributed by atoms with E-state index in [2.05, 4.69) is 22.1 Å². The van der Waals surface area contributed by atoms with E-state index in [1.807, 2.05) is 49.2 Å². The summed E-state index contributed by atoms with van der Waals surface area (Å²) in [6.45, 7) is 4.83. The van der Waals surface area contributed by atoms with Crippen molar-refractivity contribution in [3.05, 3.63) is 52.9 Å². The number of nitrogens with zero attached hydrogens (tertiary/aromatic N) is 5. The summed E-state index contributed by atoms with van der Waals surface area (Å²) in [5, 5.41) is 8.51. The maximum Gasteiger partial charge on any atom is 0.249 e. The number of rotatable bonds is 9. The summed E-state index contributed by atoms with van der Waals surface area (Å²) in [6, 6.07) is 11.5. The third-order valence-electron chi connectivity index (χ3n) is 6.46. The summed E-state index contributed by atoms with van der Waals surface area (Å²) in [6.07, 6.45) is 2.75. The molecule has 2 heterocycles. The average molecular weight is 519 g/mol. The Morgan fingerprint density at radius 1 is 1.23 bits per heavy atom. The molecule has 1 aliphatic rings. The maximum atomic E-state index is 12.3. The van der Waals surface area contributed by atoms with E-state index in [9.17, 15) is 8.42 Å². The monoisotopic (exact) mass is 518 g/mol. The molecule has 35 heavy (non-hydrogen) atoms. The number of benzene rings is 1. The van der Waals surface area contributed by atoms with Gasteiger partial charge in [-0.1, -0.05) is 48.9 Å². The van der Waals surface area contributed by atoms with Crippen LogP contribution in [-0.2, 0) is 22.0 Å². The topological polar surface area (TPSA) is 118 Å². The van der Waals surface area contributed by atoms with E-state index in [4.69, 9.17) is 21.8 Å². The number of pyridine rings is 1. The fourth-order valence-electron chi connectivity index (χ4n) is 3.98. The molecule has 11 heteroatoms. The third-order valence-corrected chi connectivity index (χ3v) is 8.00. The highest BCUT2D eigenvalue weighted by Crippen LogP contribution is 2.41.